The first-order chi connectivity index (χ1) is 7.69. The minimum absolute atomic E-state index is 0.378. The van der Waals surface area contributed by atoms with E-state index in [-0.39, 0.29) is 0 Å². The van der Waals surface area contributed by atoms with Crippen molar-refractivity contribution in [1.29, 1.82) is 0 Å². The van der Waals surface area contributed by atoms with Crippen LogP contribution < -0.4 is 9.64 Å². The van der Waals surface area contributed by atoms with Gasteiger partial charge in [-0.05, 0) is 26.8 Å². The summed E-state index contributed by atoms with van der Waals surface area (Å²) in [5, 5.41) is 0. The molecule has 1 aromatic rings. The van der Waals surface area contributed by atoms with E-state index >= 15 is 0 Å². The van der Waals surface area contributed by atoms with Crippen molar-refractivity contribution >= 4 is 17.4 Å². The van der Waals surface area contributed by atoms with Crippen molar-refractivity contribution in [3.8, 4) is 5.88 Å². The molecule has 90 valence electrons. The number of hydrogen-bond acceptors (Lipinski definition) is 3. The monoisotopic (exact) mass is 242 g/mol. The lowest BCUT2D eigenvalue weighted by Crippen LogP contribution is -2.33. The molecule has 0 bridgehead atoms. The minimum atomic E-state index is 0.378. The lowest BCUT2D eigenvalue weighted by molar-refractivity contribution is 0.327. The molecule has 3 nitrogen and oxygen atoms in total. The highest BCUT2D eigenvalue weighted by Gasteiger charge is 2.11. The number of aromatic nitrogens is 1. The Morgan fingerprint density at radius 2 is 2.19 bits per heavy atom. The van der Waals surface area contributed by atoms with Gasteiger partial charge in [-0.3, -0.25) is 0 Å². The van der Waals surface area contributed by atoms with E-state index in [1.54, 1.807) is 0 Å². The number of alkyl halides is 1. The van der Waals surface area contributed by atoms with Gasteiger partial charge in [-0.15, -0.1) is 11.6 Å². The van der Waals surface area contributed by atoms with Crippen LogP contribution in [0.3, 0.4) is 0 Å². The van der Waals surface area contributed by atoms with E-state index < -0.39 is 0 Å². The van der Waals surface area contributed by atoms with Crippen LogP contribution in [0.2, 0.25) is 0 Å². The van der Waals surface area contributed by atoms with Gasteiger partial charge in [-0.1, -0.05) is 6.07 Å². The van der Waals surface area contributed by atoms with E-state index in [1.807, 2.05) is 25.1 Å². The Morgan fingerprint density at radius 3 is 2.75 bits per heavy atom. The molecule has 0 aromatic carbocycles. The van der Waals surface area contributed by atoms with Gasteiger partial charge in [0.1, 0.15) is 5.82 Å². The number of ether oxygens (including phenoxy) is 1. The highest BCUT2D eigenvalue weighted by atomic mass is 35.5. The molecule has 0 unspecified atom stereocenters. The summed E-state index contributed by atoms with van der Waals surface area (Å²) >= 11 is 5.79. The van der Waals surface area contributed by atoms with Crippen LogP contribution in [-0.4, -0.2) is 30.1 Å². The van der Waals surface area contributed by atoms with Crippen molar-refractivity contribution in [2.45, 2.75) is 26.8 Å². The molecule has 1 heterocycles. The van der Waals surface area contributed by atoms with Crippen molar-refractivity contribution in [3.05, 3.63) is 18.2 Å². The SMILES string of the molecule is CCOc1cccc(N(CCCl)C(C)C)n1. The Balaban J connectivity index is 2.86. The van der Waals surface area contributed by atoms with Crippen LogP contribution in [0.15, 0.2) is 18.2 Å². The summed E-state index contributed by atoms with van der Waals surface area (Å²) in [6.07, 6.45) is 0. The predicted octanol–water partition coefficient (Wildman–Crippen LogP) is 2.93. The molecular formula is C12H19ClN2O. The maximum atomic E-state index is 5.79. The summed E-state index contributed by atoms with van der Waals surface area (Å²) in [5.74, 6) is 2.18. The first kappa shape index (κ1) is 13.1. The molecular weight excluding hydrogens is 224 g/mol. The van der Waals surface area contributed by atoms with Crippen LogP contribution in [0.1, 0.15) is 20.8 Å². The third kappa shape index (κ3) is 3.56. The second-order valence-corrected chi connectivity index (χ2v) is 4.12. The zero-order valence-corrected chi connectivity index (χ0v) is 10.9. The molecule has 0 radical (unpaired) electrons. The normalized spacial score (nSPS) is 10.6. The number of halogens is 1. The highest BCUT2D eigenvalue weighted by molar-refractivity contribution is 6.18. The Kier molecular flexibility index (Phi) is 5.39. The number of pyridine rings is 1. The van der Waals surface area contributed by atoms with Gasteiger partial charge in [0.25, 0.3) is 0 Å². The molecule has 0 saturated carbocycles. The topological polar surface area (TPSA) is 25.4 Å². The predicted molar refractivity (Wildman–Crippen MR) is 68.6 cm³/mol. The van der Waals surface area contributed by atoms with Crippen molar-refractivity contribution in [2.75, 3.05) is 23.9 Å². The summed E-state index contributed by atoms with van der Waals surface area (Å²) < 4.78 is 5.38. The zero-order valence-electron chi connectivity index (χ0n) is 10.1. The second kappa shape index (κ2) is 6.59. The summed E-state index contributed by atoms with van der Waals surface area (Å²) in [6.45, 7) is 7.63. The van der Waals surface area contributed by atoms with Gasteiger partial charge < -0.3 is 9.64 Å². The number of hydrogen-bond donors (Lipinski definition) is 0. The van der Waals surface area contributed by atoms with Crippen molar-refractivity contribution in [2.24, 2.45) is 0 Å². The number of rotatable bonds is 6. The summed E-state index contributed by atoms with van der Waals surface area (Å²) in [7, 11) is 0. The van der Waals surface area contributed by atoms with E-state index in [0.717, 1.165) is 12.4 Å². The average molecular weight is 243 g/mol. The maximum Gasteiger partial charge on any atom is 0.215 e. The summed E-state index contributed by atoms with van der Waals surface area (Å²) in [6, 6.07) is 6.18. The average Bonchev–Trinajstić information content (AvgIpc) is 2.26. The van der Waals surface area contributed by atoms with Crippen LogP contribution >= 0.6 is 11.6 Å². The van der Waals surface area contributed by atoms with Crippen molar-refractivity contribution < 1.29 is 4.74 Å². The molecule has 0 amide bonds. The van der Waals surface area contributed by atoms with E-state index in [1.165, 1.54) is 0 Å². The molecule has 0 aliphatic carbocycles. The fraction of sp³-hybridized carbons (Fsp3) is 0.583. The van der Waals surface area contributed by atoms with Gasteiger partial charge in [0.15, 0.2) is 0 Å². The van der Waals surface area contributed by atoms with Gasteiger partial charge in [0.05, 0.1) is 6.61 Å². The number of nitrogens with zero attached hydrogens (tertiary/aromatic N) is 2. The Morgan fingerprint density at radius 1 is 1.44 bits per heavy atom. The molecule has 1 aromatic heterocycles. The summed E-state index contributed by atoms with van der Waals surface area (Å²) in [5.41, 5.74) is 0. The molecule has 0 spiro atoms. The van der Waals surface area contributed by atoms with Crippen LogP contribution in [0.4, 0.5) is 5.82 Å². The van der Waals surface area contributed by atoms with Crippen LogP contribution in [0, 0.1) is 0 Å². The molecule has 4 heteroatoms. The Labute approximate surface area is 102 Å². The zero-order chi connectivity index (χ0) is 12.0. The van der Waals surface area contributed by atoms with E-state index in [4.69, 9.17) is 16.3 Å². The molecule has 0 saturated heterocycles. The van der Waals surface area contributed by atoms with Gasteiger partial charge in [0, 0.05) is 24.5 Å². The molecule has 0 aliphatic rings. The first-order valence-corrected chi connectivity index (χ1v) is 6.15. The first-order valence-electron chi connectivity index (χ1n) is 5.61. The van der Waals surface area contributed by atoms with Gasteiger partial charge >= 0.3 is 0 Å². The van der Waals surface area contributed by atoms with Crippen molar-refractivity contribution in [1.82, 2.24) is 4.98 Å². The van der Waals surface area contributed by atoms with Crippen LogP contribution in [0.25, 0.3) is 0 Å². The smallest absolute Gasteiger partial charge is 0.215 e. The van der Waals surface area contributed by atoms with Crippen LogP contribution in [-0.2, 0) is 0 Å². The maximum absolute atomic E-state index is 5.79. The fourth-order valence-electron chi connectivity index (χ4n) is 1.52. The molecule has 0 N–H and O–H groups in total. The highest BCUT2D eigenvalue weighted by Crippen LogP contribution is 2.18. The van der Waals surface area contributed by atoms with Crippen molar-refractivity contribution in [3.63, 3.8) is 0 Å². The minimum Gasteiger partial charge on any atom is -0.478 e. The molecule has 0 fully saturated rings. The third-order valence-electron chi connectivity index (χ3n) is 2.24. The van der Waals surface area contributed by atoms with Gasteiger partial charge in [-0.2, -0.15) is 4.98 Å². The third-order valence-corrected chi connectivity index (χ3v) is 2.41. The van der Waals surface area contributed by atoms with E-state index in [2.05, 4.69) is 23.7 Å². The van der Waals surface area contributed by atoms with E-state index in [9.17, 15) is 0 Å². The Bertz CT molecular complexity index is 318. The second-order valence-electron chi connectivity index (χ2n) is 3.74. The standard InChI is InChI=1S/C12H19ClN2O/c1-4-16-12-7-5-6-11(14-12)15(9-8-13)10(2)3/h5-7,10H,4,8-9H2,1-3H3. The largest absolute Gasteiger partial charge is 0.478 e. The number of anilines is 1. The van der Waals surface area contributed by atoms with Crippen LogP contribution in [0.5, 0.6) is 5.88 Å². The van der Waals surface area contributed by atoms with E-state index in [0.29, 0.717) is 24.4 Å². The lowest BCUT2D eigenvalue weighted by Gasteiger charge is -2.27. The molecule has 1 rings (SSSR count). The van der Waals surface area contributed by atoms with Gasteiger partial charge in [-0.25, -0.2) is 0 Å². The Hall–Kier alpha value is -0.960. The molecule has 0 aliphatic heterocycles. The molecule has 16 heavy (non-hydrogen) atoms. The molecule has 0 atom stereocenters. The summed E-state index contributed by atoms with van der Waals surface area (Å²) in [4.78, 5) is 6.61. The van der Waals surface area contributed by atoms with Gasteiger partial charge in [0.2, 0.25) is 5.88 Å². The fourth-order valence-corrected chi connectivity index (χ4v) is 1.70. The lowest BCUT2D eigenvalue weighted by atomic mass is 10.3. The quantitative estimate of drug-likeness (QED) is 0.718.